The van der Waals surface area contributed by atoms with Gasteiger partial charge in [0, 0.05) is 18.4 Å². The molecule has 0 bridgehead atoms. The molecule has 0 aliphatic carbocycles. The van der Waals surface area contributed by atoms with Gasteiger partial charge in [0.15, 0.2) is 0 Å². The molecule has 1 amide bonds. The van der Waals surface area contributed by atoms with Gasteiger partial charge in [-0.3, -0.25) is 0 Å². The van der Waals surface area contributed by atoms with E-state index in [1.165, 1.54) is 0 Å². The summed E-state index contributed by atoms with van der Waals surface area (Å²) in [4.78, 5) is 12.2. The van der Waals surface area contributed by atoms with Crippen LogP contribution in [0.1, 0.15) is 39.2 Å². The van der Waals surface area contributed by atoms with Crippen LogP contribution in [0.3, 0.4) is 0 Å². The van der Waals surface area contributed by atoms with Gasteiger partial charge >= 0.3 is 6.09 Å². The summed E-state index contributed by atoms with van der Waals surface area (Å²) in [6, 6.07) is 10.0. The van der Waals surface area contributed by atoms with E-state index in [2.05, 4.69) is 10.6 Å². The number of benzene rings is 1. The van der Waals surface area contributed by atoms with Crippen LogP contribution in [-0.2, 0) is 10.3 Å². The molecule has 0 saturated carbocycles. The van der Waals surface area contributed by atoms with Gasteiger partial charge in [-0.25, -0.2) is 4.79 Å². The monoisotopic (exact) mass is 276 g/mol. The lowest BCUT2D eigenvalue weighted by atomic mass is 9.85. The molecule has 1 aliphatic heterocycles. The Hall–Kier alpha value is -1.55. The maximum atomic E-state index is 12.2. The van der Waals surface area contributed by atoms with Gasteiger partial charge in [0.1, 0.15) is 5.60 Å². The number of hydrogen-bond acceptors (Lipinski definition) is 3. The average Bonchev–Trinajstić information content (AvgIpc) is 2.38. The van der Waals surface area contributed by atoms with Gasteiger partial charge in [0.25, 0.3) is 0 Å². The standard InChI is InChI=1S/C16H24N2O2/c1-15(2,3)18-14(19)20-16(9-11-17-12-10-16)13-7-5-4-6-8-13/h4-8,17H,9-12H2,1-3H3,(H,18,19). The zero-order chi connectivity index (χ0) is 14.6. The van der Waals surface area contributed by atoms with Crippen LogP contribution >= 0.6 is 0 Å². The third kappa shape index (κ3) is 3.73. The molecule has 0 atom stereocenters. The summed E-state index contributed by atoms with van der Waals surface area (Å²) < 4.78 is 5.85. The number of alkyl carbamates (subject to hydrolysis) is 1. The van der Waals surface area contributed by atoms with E-state index in [0.29, 0.717) is 0 Å². The summed E-state index contributed by atoms with van der Waals surface area (Å²) in [6.07, 6.45) is 1.26. The smallest absolute Gasteiger partial charge is 0.408 e. The predicted molar refractivity (Wildman–Crippen MR) is 79.6 cm³/mol. The summed E-state index contributed by atoms with van der Waals surface area (Å²) in [5, 5.41) is 6.20. The van der Waals surface area contributed by atoms with Crippen LogP contribution < -0.4 is 10.6 Å². The third-order valence-corrected chi connectivity index (χ3v) is 3.48. The van der Waals surface area contributed by atoms with E-state index in [4.69, 9.17) is 4.74 Å². The lowest BCUT2D eigenvalue weighted by Crippen LogP contribution is -2.48. The number of carbonyl (C=O) groups excluding carboxylic acids is 1. The Bertz CT molecular complexity index is 445. The molecule has 0 radical (unpaired) electrons. The van der Waals surface area contributed by atoms with E-state index in [-0.39, 0.29) is 11.6 Å². The van der Waals surface area contributed by atoms with E-state index >= 15 is 0 Å². The van der Waals surface area contributed by atoms with Crippen molar-refractivity contribution in [1.82, 2.24) is 10.6 Å². The Labute approximate surface area is 120 Å². The van der Waals surface area contributed by atoms with Gasteiger partial charge < -0.3 is 15.4 Å². The number of nitrogens with one attached hydrogen (secondary N) is 2. The first-order chi connectivity index (χ1) is 9.41. The number of amides is 1. The van der Waals surface area contributed by atoms with Gasteiger partial charge in [-0.15, -0.1) is 0 Å². The molecule has 4 nitrogen and oxygen atoms in total. The first kappa shape index (κ1) is 14.9. The number of rotatable bonds is 2. The summed E-state index contributed by atoms with van der Waals surface area (Å²) >= 11 is 0. The maximum absolute atomic E-state index is 12.2. The highest BCUT2D eigenvalue weighted by Crippen LogP contribution is 2.34. The highest BCUT2D eigenvalue weighted by molar-refractivity contribution is 5.69. The van der Waals surface area contributed by atoms with Gasteiger partial charge in [0.2, 0.25) is 0 Å². The molecule has 1 aromatic rings. The zero-order valence-corrected chi connectivity index (χ0v) is 12.5. The molecule has 2 N–H and O–H groups in total. The quantitative estimate of drug-likeness (QED) is 0.873. The molecule has 110 valence electrons. The van der Waals surface area contributed by atoms with E-state index in [1.807, 2.05) is 51.1 Å². The van der Waals surface area contributed by atoms with Crippen LogP contribution in [0.4, 0.5) is 4.79 Å². The number of ether oxygens (including phenoxy) is 1. The Balaban J connectivity index is 2.18. The van der Waals surface area contributed by atoms with Crippen LogP contribution in [0.2, 0.25) is 0 Å². The van der Waals surface area contributed by atoms with Crippen molar-refractivity contribution in [2.45, 2.75) is 44.8 Å². The highest BCUT2D eigenvalue weighted by Gasteiger charge is 2.38. The minimum Gasteiger partial charge on any atom is -0.438 e. The van der Waals surface area contributed by atoms with Gasteiger partial charge in [-0.1, -0.05) is 30.3 Å². The van der Waals surface area contributed by atoms with E-state index < -0.39 is 5.60 Å². The Kier molecular flexibility index (Phi) is 4.33. The van der Waals surface area contributed by atoms with Gasteiger partial charge in [0.05, 0.1) is 0 Å². The first-order valence-corrected chi connectivity index (χ1v) is 7.19. The Morgan fingerprint density at radius 1 is 1.20 bits per heavy atom. The van der Waals surface area contributed by atoms with Crippen molar-refractivity contribution in [3.05, 3.63) is 35.9 Å². The van der Waals surface area contributed by atoms with Crippen molar-refractivity contribution in [3.8, 4) is 0 Å². The first-order valence-electron chi connectivity index (χ1n) is 7.19. The molecule has 0 aromatic heterocycles. The van der Waals surface area contributed by atoms with E-state index in [9.17, 15) is 4.79 Å². The number of piperidine rings is 1. The van der Waals surface area contributed by atoms with E-state index in [0.717, 1.165) is 31.5 Å². The highest BCUT2D eigenvalue weighted by atomic mass is 16.6. The van der Waals surface area contributed by atoms with Crippen molar-refractivity contribution in [1.29, 1.82) is 0 Å². The van der Waals surface area contributed by atoms with Crippen molar-refractivity contribution in [3.63, 3.8) is 0 Å². The molecule has 0 spiro atoms. The molecule has 0 unspecified atom stereocenters. The summed E-state index contributed by atoms with van der Waals surface area (Å²) in [7, 11) is 0. The Morgan fingerprint density at radius 3 is 2.35 bits per heavy atom. The van der Waals surface area contributed by atoms with Crippen LogP contribution in [0, 0.1) is 0 Å². The van der Waals surface area contributed by atoms with E-state index in [1.54, 1.807) is 0 Å². The average molecular weight is 276 g/mol. The van der Waals surface area contributed by atoms with Crippen molar-refractivity contribution < 1.29 is 9.53 Å². The molecule has 1 aromatic carbocycles. The zero-order valence-electron chi connectivity index (χ0n) is 12.5. The largest absolute Gasteiger partial charge is 0.438 e. The summed E-state index contributed by atoms with van der Waals surface area (Å²) in [5.74, 6) is 0. The minimum absolute atomic E-state index is 0.290. The predicted octanol–water partition coefficient (Wildman–Crippen LogP) is 2.79. The fourth-order valence-electron chi connectivity index (χ4n) is 2.53. The van der Waals surface area contributed by atoms with Crippen LogP contribution in [0.5, 0.6) is 0 Å². The molecule has 20 heavy (non-hydrogen) atoms. The topological polar surface area (TPSA) is 50.4 Å². The Morgan fingerprint density at radius 2 is 1.80 bits per heavy atom. The van der Waals surface area contributed by atoms with Crippen LogP contribution in [-0.4, -0.2) is 24.7 Å². The minimum atomic E-state index is -0.512. The number of carbonyl (C=O) groups is 1. The molecule has 2 rings (SSSR count). The van der Waals surface area contributed by atoms with Crippen molar-refractivity contribution >= 4 is 6.09 Å². The van der Waals surface area contributed by atoms with Crippen molar-refractivity contribution in [2.24, 2.45) is 0 Å². The summed E-state index contributed by atoms with van der Waals surface area (Å²) in [5.41, 5.74) is 0.273. The second-order valence-electron chi connectivity index (χ2n) is 6.37. The molecular weight excluding hydrogens is 252 g/mol. The molecular formula is C16H24N2O2. The third-order valence-electron chi connectivity index (χ3n) is 3.48. The van der Waals surface area contributed by atoms with Crippen LogP contribution in [0.25, 0.3) is 0 Å². The molecule has 1 heterocycles. The maximum Gasteiger partial charge on any atom is 0.408 e. The fourth-order valence-corrected chi connectivity index (χ4v) is 2.53. The molecule has 4 heteroatoms. The second-order valence-corrected chi connectivity index (χ2v) is 6.37. The lowest BCUT2D eigenvalue weighted by molar-refractivity contribution is -0.0187. The SMILES string of the molecule is CC(C)(C)NC(=O)OC1(c2ccccc2)CCNCC1. The van der Waals surface area contributed by atoms with Crippen LogP contribution in [0.15, 0.2) is 30.3 Å². The molecule has 1 saturated heterocycles. The van der Waals surface area contributed by atoms with Gasteiger partial charge in [-0.2, -0.15) is 0 Å². The lowest BCUT2D eigenvalue weighted by Gasteiger charge is -2.38. The fraction of sp³-hybridized carbons (Fsp3) is 0.562. The number of hydrogen-bond donors (Lipinski definition) is 2. The molecule has 1 aliphatic rings. The van der Waals surface area contributed by atoms with Gasteiger partial charge in [-0.05, 0) is 39.4 Å². The molecule has 1 fully saturated rings. The normalized spacial score (nSPS) is 18.4. The summed E-state index contributed by atoms with van der Waals surface area (Å²) in [6.45, 7) is 7.57. The van der Waals surface area contributed by atoms with Crippen molar-refractivity contribution in [2.75, 3.05) is 13.1 Å². The second kappa shape index (κ2) is 5.83.